The third kappa shape index (κ3) is 36.0. The van der Waals surface area contributed by atoms with Gasteiger partial charge in [-0.25, -0.2) is 13.7 Å². The van der Waals surface area contributed by atoms with Crippen molar-refractivity contribution in [3.05, 3.63) is 0 Å². The quantitative estimate of drug-likeness (QED) is 0.159. The summed E-state index contributed by atoms with van der Waals surface area (Å²) in [4.78, 5) is 47.1. The Morgan fingerprint density at radius 3 is 1.08 bits per heavy atom. The van der Waals surface area contributed by atoms with Crippen molar-refractivity contribution in [2.45, 2.75) is 12.2 Å². The van der Waals surface area contributed by atoms with Crippen molar-refractivity contribution >= 4 is 23.5 Å². The van der Waals surface area contributed by atoms with Crippen LogP contribution in [0.4, 0.5) is 0 Å². The van der Waals surface area contributed by atoms with Gasteiger partial charge in [0.1, 0.15) is 12.2 Å². The van der Waals surface area contributed by atoms with Crippen LogP contribution in [0.1, 0.15) is 0 Å². The molecule has 19 heteroatoms. The molecule has 0 amide bonds. The van der Waals surface area contributed by atoms with Crippen LogP contribution in [0.3, 0.4) is 0 Å². The zero-order chi connectivity index (χ0) is 20.9. The van der Waals surface area contributed by atoms with Crippen molar-refractivity contribution in [1.29, 1.82) is 0 Å². The monoisotopic (exact) mass is 442 g/mol. The molecule has 0 aliphatic heterocycles. The smallest absolute Gasteiger partial charge is 0.394 e. The molecule has 0 spiro atoms. The average molecular weight is 442 g/mol. The highest BCUT2D eigenvalue weighted by molar-refractivity contribution is 7.60. The number of aliphatic hydroxyl groups is 5. The maximum Gasteiger partial charge on any atom is 0.478 e. The molecule has 0 saturated carbocycles. The van der Waals surface area contributed by atoms with Crippen LogP contribution in [0, 0.1) is 0 Å². The third-order valence-corrected chi connectivity index (χ3v) is 3.47. The van der Waals surface area contributed by atoms with E-state index in [1.807, 2.05) is 0 Å². The lowest BCUT2D eigenvalue weighted by atomic mass is 10.4. The predicted octanol–water partition coefficient (Wildman–Crippen LogP) is -4.03. The highest BCUT2D eigenvalue weighted by Gasteiger charge is 2.27. The fourth-order valence-electron chi connectivity index (χ4n) is 0.432. The summed E-state index contributed by atoms with van der Waals surface area (Å²) in [6.45, 7) is -1.88. The summed E-state index contributed by atoms with van der Waals surface area (Å²) in [7, 11) is -14.6. The van der Waals surface area contributed by atoms with E-state index in [0.717, 1.165) is 0 Å². The van der Waals surface area contributed by atoms with Crippen LogP contribution in [0.2, 0.25) is 0 Å². The minimum absolute atomic E-state index is 0.365. The largest absolute Gasteiger partial charge is 0.478 e. The molecular weight excluding hydrogens is 421 g/mol. The van der Waals surface area contributed by atoms with E-state index in [1.54, 1.807) is 0 Å². The van der Waals surface area contributed by atoms with E-state index in [1.165, 1.54) is 0 Å². The second-order valence-corrected chi connectivity index (χ2v) is 7.56. The first-order chi connectivity index (χ1) is 11.0. The second-order valence-electron chi connectivity index (χ2n) is 3.70. The van der Waals surface area contributed by atoms with Crippen molar-refractivity contribution in [2.75, 3.05) is 26.4 Å². The van der Waals surface area contributed by atoms with Gasteiger partial charge in [0.15, 0.2) is 0 Å². The molecule has 11 N–H and O–H groups in total. The lowest BCUT2D eigenvalue weighted by Gasteiger charge is -2.07. The normalized spacial score (nSPS) is 13.4. The Kier molecular flexibility index (Phi) is 17.1. The molecule has 156 valence electrons. The van der Waals surface area contributed by atoms with E-state index in [9.17, 15) is 13.7 Å². The summed E-state index contributed by atoms with van der Waals surface area (Å²) in [5.41, 5.74) is 0. The fraction of sp³-hybridized carbons (Fsp3) is 1.00. The molecule has 1 unspecified atom stereocenters. The van der Waals surface area contributed by atoms with Crippen molar-refractivity contribution in [3.63, 3.8) is 0 Å². The fourth-order valence-corrected chi connectivity index (χ4v) is 1.91. The molecule has 1 atom stereocenters. The zero-order valence-corrected chi connectivity index (χ0v) is 15.0. The minimum Gasteiger partial charge on any atom is -0.394 e. The summed E-state index contributed by atoms with van der Waals surface area (Å²) in [6.07, 6.45) is -2.20. The molecule has 0 bridgehead atoms. The highest BCUT2D eigenvalue weighted by atomic mass is 31.3. The molecule has 25 heavy (non-hydrogen) atoms. The molecule has 0 heterocycles. The van der Waals surface area contributed by atoms with Crippen LogP contribution >= 0.6 is 23.5 Å². The molecule has 0 aliphatic carbocycles. The lowest BCUT2D eigenvalue weighted by Crippen LogP contribution is -2.18. The number of aliphatic hydroxyl groups excluding tert-OH is 5. The Labute approximate surface area is 140 Å². The van der Waals surface area contributed by atoms with Gasteiger partial charge in [-0.15, -0.1) is 0 Å². The molecule has 0 aromatic rings. The van der Waals surface area contributed by atoms with Gasteiger partial charge in [0.05, 0.1) is 26.4 Å². The van der Waals surface area contributed by atoms with Gasteiger partial charge in [0.25, 0.3) is 0 Å². The second kappa shape index (κ2) is 14.3. The minimum atomic E-state index is -5.05. The molecule has 0 aliphatic rings. The van der Waals surface area contributed by atoms with E-state index in [2.05, 4.69) is 8.83 Å². The predicted molar refractivity (Wildman–Crippen MR) is 76.4 cm³/mol. The maximum atomic E-state index is 9.93. The zero-order valence-electron chi connectivity index (χ0n) is 12.3. The van der Waals surface area contributed by atoms with E-state index in [-0.39, 0.29) is 13.2 Å². The number of rotatable bonds is 8. The molecule has 0 rings (SSSR count). The molecule has 0 fully saturated rings. The van der Waals surface area contributed by atoms with Gasteiger partial charge in [-0.3, -0.25) is 4.52 Å². The van der Waals surface area contributed by atoms with Crippen molar-refractivity contribution < 1.29 is 77.4 Å². The third-order valence-electron chi connectivity index (χ3n) is 1.28. The van der Waals surface area contributed by atoms with E-state index < -0.39 is 48.9 Å². The molecule has 0 aromatic heterocycles. The Morgan fingerprint density at radius 1 is 0.640 bits per heavy atom. The van der Waals surface area contributed by atoms with Gasteiger partial charge in [-0.2, -0.15) is 4.31 Å². The average Bonchev–Trinajstić information content (AvgIpc) is 2.40. The van der Waals surface area contributed by atoms with Crippen LogP contribution in [0.25, 0.3) is 0 Å². The van der Waals surface area contributed by atoms with Crippen molar-refractivity contribution in [2.24, 2.45) is 0 Å². The Balaban J connectivity index is -0.000000300. The first-order valence-corrected chi connectivity index (χ1v) is 10.3. The first-order valence-electron chi connectivity index (χ1n) is 5.68. The van der Waals surface area contributed by atoms with Crippen LogP contribution in [-0.4, -0.2) is 93.5 Å². The van der Waals surface area contributed by atoms with Gasteiger partial charge in [-0.05, 0) is 0 Å². The van der Waals surface area contributed by atoms with E-state index in [0.29, 0.717) is 0 Å². The number of phosphoric ester groups is 1. The van der Waals surface area contributed by atoms with Crippen molar-refractivity contribution in [1.82, 2.24) is 0 Å². The topological polar surface area (TPSA) is 292 Å². The van der Waals surface area contributed by atoms with Gasteiger partial charge in [-0.1, -0.05) is 0 Å². The SMILES string of the molecule is O=P(O)(O)OCC(O)CO.O=P(O)(O)OP(=O)(O)O.OCC(O)CO. The maximum absolute atomic E-state index is 9.93. The van der Waals surface area contributed by atoms with Gasteiger partial charge >= 0.3 is 23.5 Å². The summed E-state index contributed by atoms with van der Waals surface area (Å²) < 4.78 is 36.0. The van der Waals surface area contributed by atoms with Gasteiger partial charge < -0.3 is 54.9 Å². The lowest BCUT2D eigenvalue weighted by molar-refractivity contribution is 0.0419. The van der Waals surface area contributed by atoms with Crippen LogP contribution in [0.5, 0.6) is 0 Å². The van der Waals surface area contributed by atoms with Gasteiger partial charge in [0, 0.05) is 0 Å². The summed E-state index contributed by atoms with van der Waals surface area (Å²) in [5.74, 6) is 0. The molecule has 0 saturated heterocycles. The summed E-state index contributed by atoms with van der Waals surface area (Å²) >= 11 is 0. The number of hydrogen-bond acceptors (Lipinski definition) is 10. The molecule has 0 radical (unpaired) electrons. The summed E-state index contributed by atoms with van der Waals surface area (Å²) in [5, 5.41) is 40.7. The Bertz CT molecular complexity index is 425. The molecule has 0 aromatic carbocycles. The molecular formula is C6H21O16P3. The van der Waals surface area contributed by atoms with Crippen LogP contribution in [0.15, 0.2) is 0 Å². The Hall–Kier alpha value is 0.170. The van der Waals surface area contributed by atoms with Crippen molar-refractivity contribution in [3.8, 4) is 0 Å². The number of phosphoric acid groups is 3. The highest BCUT2D eigenvalue weighted by Crippen LogP contribution is 2.53. The number of hydrogen-bond donors (Lipinski definition) is 11. The standard InChI is InChI=1S/C3H9O6P.C3H8O3.H4O7P2/c4-1-3(5)2-9-10(6,7)8;4-1-3(6)2-5;1-8(2,3)7-9(4,5)6/h3-5H,1-2H2,(H2,6,7,8);3-6H,1-2H2;(H2,1,2,3)(H2,4,5,6). The van der Waals surface area contributed by atoms with E-state index in [4.69, 9.17) is 54.9 Å². The molecule has 16 nitrogen and oxygen atoms in total. The van der Waals surface area contributed by atoms with Crippen LogP contribution in [-0.2, 0) is 22.5 Å². The van der Waals surface area contributed by atoms with Crippen LogP contribution < -0.4 is 0 Å². The summed E-state index contributed by atoms with van der Waals surface area (Å²) in [6, 6.07) is 0. The van der Waals surface area contributed by atoms with E-state index >= 15 is 0 Å². The van der Waals surface area contributed by atoms with Gasteiger partial charge in [0.2, 0.25) is 0 Å². The Morgan fingerprint density at radius 2 is 0.960 bits per heavy atom. The first kappa shape index (κ1) is 29.9.